The molecule has 0 bridgehead atoms. The molecule has 214 valence electrons. The fourth-order valence-corrected chi connectivity index (χ4v) is 6.24. The van der Waals surface area contributed by atoms with Crippen molar-refractivity contribution in [3.05, 3.63) is 29.3 Å². The van der Waals surface area contributed by atoms with Gasteiger partial charge in [0.2, 0.25) is 6.93 Å². The number of aryl methyl sites for hydroxylation is 1. The van der Waals surface area contributed by atoms with Gasteiger partial charge in [-0.2, -0.15) is 0 Å². The normalized spacial score (nSPS) is 20.8. The van der Waals surface area contributed by atoms with Gasteiger partial charge in [-0.25, -0.2) is 8.78 Å². The number of carbonyl (C=O) groups is 1. The van der Waals surface area contributed by atoms with Crippen molar-refractivity contribution < 1.29 is 22.7 Å². The van der Waals surface area contributed by atoms with Crippen LogP contribution in [0.25, 0.3) is 0 Å². The van der Waals surface area contributed by atoms with E-state index < -0.39 is 6.93 Å². The van der Waals surface area contributed by atoms with E-state index in [1.165, 1.54) is 70.4 Å². The lowest BCUT2D eigenvalue weighted by molar-refractivity contribution is -0.128. The molecular formula is C30H51F3N2O2. The maximum Gasteiger partial charge on any atom is 0.293 e. The second-order valence-electron chi connectivity index (χ2n) is 12.1. The van der Waals surface area contributed by atoms with Crippen LogP contribution in [0.5, 0.6) is 0 Å². The van der Waals surface area contributed by atoms with Crippen molar-refractivity contribution in [3.8, 4) is 0 Å². The molecule has 0 N–H and O–H groups in total. The van der Waals surface area contributed by atoms with Crippen LogP contribution < -0.4 is 4.90 Å². The number of hydrogen-bond acceptors (Lipinski definition) is 4. The second kappa shape index (κ2) is 16.3. The number of hydrogen-bond donors (Lipinski definition) is 0. The van der Waals surface area contributed by atoms with Gasteiger partial charge < -0.3 is 9.64 Å². The maximum absolute atomic E-state index is 9.62. The van der Waals surface area contributed by atoms with Crippen molar-refractivity contribution in [2.45, 2.75) is 79.6 Å². The van der Waals surface area contributed by atoms with Crippen LogP contribution in [0.15, 0.2) is 18.2 Å². The molecule has 2 aliphatic carbocycles. The predicted octanol–water partition coefficient (Wildman–Crippen LogP) is 7.49. The van der Waals surface area contributed by atoms with Crippen LogP contribution in [0.4, 0.5) is 18.9 Å². The molecule has 1 heterocycles. The quantitative estimate of drug-likeness (QED) is 0.358. The Hall–Kier alpha value is -1.76. The first-order valence-electron chi connectivity index (χ1n) is 13.7. The van der Waals surface area contributed by atoms with Gasteiger partial charge >= 0.3 is 0 Å². The molecule has 1 aliphatic heterocycles. The molecule has 3 aliphatic rings. The van der Waals surface area contributed by atoms with E-state index in [4.69, 9.17) is 0 Å². The molecule has 2 saturated carbocycles. The summed E-state index contributed by atoms with van der Waals surface area (Å²) in [5, 5.41) is 0. The molecule has 1 saturated heterocycles. The minimum Gasteiger partial charge on any atom is -0.468 e. The zero-order chi connectivity index (χ0) is 28.1. The first kappa shape index (κ1) is 33.3. The Kier molecular flexibility index (Phi) is 14.6. The monoisotopic (exact) mass is 528 g/mol. The molecule has 3 fully saturated rings. The number of anilines is 1. The summed E-state index contributed by atoms with van der Waals surface area (Å²) in [5.74, 6) is 1.71. The summed E-state index contributed by atoms with van der Waals surface area (Å²) in [5.41, 5.74) is 5.45. The molecular weight excluding hydrogens is 477 g/mol. The molecule has 0 spiro atoms. The average molecular weight is 529 g/mol. The van der Waals surface area contributed by atoms with Crippen LogP contribution in [0.3, 0.4) is 0 Å². The average Bonchev–Trinajstić information content (AvgIpc) is 3.64. The molecule has 0 radical (unpaired) electrons. The van der Waals surface area contributed by atoms with Crippen molar-refractivity contribution in [1.82, 2.24) is 4.90 Å². The van der Waals surface area contributed by atoms with Crippen molar-refractivity contribution in [2.24, 2.45) is 16.7 Å². The number of carbonyl (C=O) groups excluding carboxylic acids is 1. The Morgan fingerprint density at radius 2 is 1.54 bits per heavy atom. The van der Waals surface area contributed by atoms with E-state index >= 15 is 0 Å². The van der Waals surface area contributed by atoms with E-state index in [-0.39, 0.29) is 0 Å². The van der Waals surface area contributed by atoms with E-state index in [2.05, 4.69) is 67.4 Å². The summed E-state index contributed by atoms with van der Waals surface area (Å²) in [6.45, 7) is 19.3. The zero-order valence-corrected chi connectivity index (χ0v) is 24.3. The van der Waals surface area contributed by atoms with Crippen molar-refractivity contribution in [3.63, 3.8) is 0 Å². The van der Waals surface area contributed by atoms with Gasteiger partial charge in [0.15, 0.2) is 0 Å². The van der Waals surface area contributed by atoms with Gasteiger partial charge in [-0.15, -0.1) is 0 Å². The SMILES string of the molecule is CCOC=O.CF.Cc1ccc(C2CC(C)(C)CC(C)(C)C2)c(N2CCN(CC3CC3)CC2)c1.FCF. The van der Waals surface area contributed by atoms with E-state index in [9.17, 15) is 18.0 Å². The Labute approximate surface area is 223 Å². The smallest absolute Gasteiger partial charge is 0.293 e. The molecule has 0 amide bonds. The summed E-state index contributed by atoms with van der Waals surface area (Å²) in [6, 6.07) is 7.28. The van der Waals surface area contributed by atoms with Gasteiger partial charge in [-0.1, -0.05) is 39.8 Å². The van der Waals surface area contributed by atoms with Crippen LogP contribution >= 0.6 is 0 Å². The van der Waals surface area contributed by atoms with Crippen LogP contribution in [0, 0.1) is 23.7 Å². The lowest BCUT2D eigenvalue weighted by Gasteiger charge is -2.46. The molecule has 4 rings (SSSR count). The highest BCUT2D eigenvalue weighted by Crippen LogP contribution is 2.53. The van der Waals surface area contributed by atoms with E-state index in [1.807, 2.05) is 0 Å². The maximum atomic E-state index is 9.62. The number of benzene rings is 1. The van der Waals surface area contributed by atoms with Crippen LogP contribution in [0.1, 0.15) is 83.8 Å². The largest absolute Gasteiger partial charge is 0.468 e. The molecule has 1 aromatic rings. The Morgan fingerprint density at radius 3 is 1.97 bits per heavy atom. The van der Waals surface area contributed by atoms with Crippen LogP contribution in [-0.2, 0) is 9.53 Å². The van der Waals surface area contributed by atoms with Gasteiger partial charge in [-0.3, -0.25) is 14.1 Å². The third-order valence-electron chi connectivity index (χ3n) is 7.34. The molecule has 7 heteroatoms. The first-order chi connectivity index (χ1) is 17.5. The predicted molar refractivity (Wildman–Crippen MR) is 149 cm³/mol. The second-order valence-corrected chi connectivity index (χ2v) is 12.1. The van der Waals surface area contributed by atoms with Gasteiger partial charge in [0, 0.05) is 38.4 Å². The lowest BCUT2D eigenvalue weighted by Crippen LogP contribution is -2.47. The van der Waals surface area contributed by atoms with Crippen LogP contribution in [-0.4, -0.2) is 64.8 Å². The lowest BCUT2D eigenvalue weighted by atomic mass is 9.60. The van der Waals surface area contributed by atoms with Crippen molar-refractivity contribution in [2.75, 3.05) is 58.3 Å². The van der Waals surface area contributed by atoms with E-state index in [0.29, 0.717) is 37.0 Å². The molecule has 0 unspecified atom stereocenters. The molecule has 0 atom stereocenters. The van der Waals surface area contributed by atoms with Crippen molar-refractivity contribution >= 4 is 12.2 Å². The zero-order valence-electron chi connectivity index (χ0n) is 24.3. The highest BCUT2D eigenvalue weighted by atomic mass is 19.3. The van der Waals surface area contributed by atoms with E-state index in [1.54, 1.807) is 18.2 Å². The van der Waals surface area contributed by atoms with Crippen molar-refractivity contribution in [1.29, 1.82) is 0 Å². The summed E-state index contributed by atoms with van der Waals surface area (Å²) >= 11 is 0. The first-order valence-corrected chi connectivity index (χ1v) is 13.7. The van der Waals surface area contributed by atoms with Gasteiger partial charge in [-0.05, 0) is 85.8 Å². The number of halogens is 3. The molecule has 4 nitrogen and oxygen atoms in total. The standard InChI is InChI=1S/C25H40N2.C3H6O2.CH2F2.CH3F/c1-19-6-9-22(21-15-24(2,3)18-25(4,5)16-21)23(14-19)27-12-10-26(11-13-27)17-20-7-8-20;1-2-5-3-4;2-1-3;1-2/h6,9,14,20-21H,7-8,10-13,15-18H2,1-5H3;3H,2H2,1H3;1H2;1H3. The minimum atomic E-state index is -1.75. The topological polar surface area (TPSA) is 32.8 Å². The summed E-state index contributed by atoms with van der Waals surface area (Å²) in [6.07, 6.45) is 6.94. The molecule has 1 aromatic carbocycles. The third kappa shape index (κ3) is 12.1. The van der Waals surface area contributed by atoms with Gasteiger partial charge in [0.1, 0.15) is 0 Å². The fourth-order valence-electron chi connectivity index (χ4n) is 6.24. The Bertz CT molecular complexity index is 760. The molecule has 0 aromatic heterocycles. The van der Waals surface area contributed by atoms with Gasteiger partial charge in [0.05, 0.1) is 13.8 Å². The number of rotatable bonds is 6. The summed E-state index contributed by atoms with van der Waals surface area (Å²) in [4.78, 5) is 14.6. The highest BCUT2D eigenvalue weighted by Gasteiger charge is 2.40. The highest BCUT2D eigenvalue weighted by molar-refractivity contribution is 5.57. The van der Waals surface area contributed by atoms with E-state index in [0.717, 1.165) is 5.92 Å². The number of alkyl halides is 3. The van der Waals surface area contributed by atoms with Crippen LogP contribution in [0.2, 0.25) is 0 Å². The summed E-state index contributed by atoms with van der Waals surface area (Å²) in [7, 11) is 0.500. The Morgan fingerprint density at radius 1 is 1.00 bits per heavy atom. The minimum absolute atomic E-state index is 0.431. The third-order valence-corrected chi connectivity index (χ3v) is 7.34. The number of nitrogens with zero attached hydrogens (tertiary/aromatic N) is 2. The molecule has 37 heavy (non-hydrogen) atoms. The Balaban J connectivity index is 0.000000594. The number of piperazine rings is 1. The summed E-state index contributed by atoms with van der Waals surface area (Å²) < 4.78 is 32.9. The van der Waals surface area contributed by atoms with Gasteiger partial charge in [0.25, 0.3) is 6.47 Å². The number of ether oxygens (including phenoxy) is 1. The fraction of sp³-hybridized carbons (Fsp3) is 0.767.